The van der Waals surface area contributed by atoms with Crippen LogP contribution in [0.15, 0.2) is 40.1 Å². The molecule has 0 bridgehead atoms. The number of hydrogen-bond acceptors (Lipinski definition) is 5. The van der Waals surface area contributed by atoms with E-state index in [1.807, 2.05) is 32.9 Å². The predicted molar refractivity (Wildman–Crippen MR) is 111 cm³/mol. The van der Waals surface area contributed by atoms with E-state index in [1.54, 1.807) is 0 Å². The third-order valence-corrected chi connectivity index (χ3v) is 4.66. The average molecular weight is 384 g/mol. The van der Waals surface area contributed by atoms with Crippen LogP contribution in [0.1, 0.15) is 38.3 Å². The summed E-state index contributed by atoms with van der Waals surface area (Å²) in [7, 11) is 0. The first-order valence-electron chi connectivity index (χ1n) is 9.69. The zero-order valence-corrected chi connectivity index (χ0v) is 16.8. The summed E-state index contributed by atoms with van der Waals surface area (Å²) in [6.07, 6.45) is 4.02. The van der Waals surface area contributed by atoms with Crippen molar-refractivity contribution < 1.29 is 13.9 Å². The summed E-state index contributed by atoms with van der Waals surface area (Å²) >= 11 is 0. The van der Waals surface area contributed by atoms with Gasteiger partial charge in [-0.25, -0.2) is 9.59 Å². The quantitative estimate of drug-likeness (QED) is 0.627. The fourth-order valence-electron chi connectivity index (χ4n) is 3.55. The lowest BCUT2D eigenvalue weighted by molar-refractivity contribution is 0.0528. The molecule has 2 heterocycles. The topological polar surface area (TPSA) is 71.8 Å². The van der Waals surface area contributed by atoms with E-state index in [9.17, 15) is 9.59 Å². The van der Waals surface area contributed by atoms with Crippen LogP contribution < -0.4 is 15.8 Å². The molecule has 1 amide bonds. The zero-order valence-electron chi connectivity index (χ0n) is 16.8. The Balaban J connectivity index is 1.84. The lowest BCUT2D eigenvalue weighted by Gasteiger charge is -2.30. The maximum absolute atomic E-state index is 12.1. The number of fused-ring (bicyclic) bond motifs is 2. The van der Waals surface area contributed by atoms with Gasteiger partial charge < -0.3 is 19.4 Å². The summed E-state index contributed by atoms with van der Waals surface area (Å²) in [6, 6.07) is 5.58. The fraction of sp³-hybridized carbons (Fsp3) is 0.455. The van der Waals surface area contributed by atoms with Crippen molar-refractivity contribution in [3.05, 3.63) is 52.4 Å². The molecule has 0 spiro atoms. The largest absolute Gasteiger partial charge is 0.444 e. The molecule has 6 heteroatoms. The molecule has 6 nitrogen and oxygen atoms in total. The maximum atomic E-state index is 12.1. The number of alkyl carbamates (subject to hydrolysis) is 1. The van der Waals surface area contributed by atoms with Crippen molar-refractivity contribution >= 4 is 22.7 Å². The standard InChI is InChI=1S/C22H28N2O4/c1-5-10-24-11-6-7-16-12-17-15(8-9-23-21(26)28-22(2,3)4)13-20(25)27-19(17)14-18(16)24/h5,12-14H,1,6-11H2,2-4H3,(H,23,26). The second-order valence-corrected chi connectivity index (χ2v) is 8.08. The lowest BCUT2D eigenvalue weighted by Crippen LogP contribution is -2.33. The summed E-state index contributed by atoms with van der Waals surface area (Å²) in [5, 5.41) is 3.67. The summed E-state index contributed by atoms with van der Waals surface area (Å²) < 4.78 is 10.7. The van der Waals surface area contributed by atoms with E-state index < -0.39 is 11.7 Å². The second-order valence-electron chi connectivity index (χ2n) is 8.08. The van der Waals surface area contributed by atoms with Gasteiger partial charge in [0.25, 0.3) is 0 Å². The number of hydrogen-bond donors (Lipinski definition) is 1. The average Bonchev–Trinajstić information content (AvgIpc) is 2.59. The van der Waals surface area contributed by atoms with Gasteiger partial charge in [0.05, 0.1) is 0 Å². The molecule has 3 rings (SSSR count). The van der Waals surface area contributed by atoms with Gasteiger partial charge in [0.1, 0.15) is 11.2 Å². The number of amides is 1. The van der Waals surface area contributed by atoms with Crippen molar-refractivity contribution in [3.63, 3.8) is 0 Å². The van der Waals surface area contributed by atoms with Gasteiger partial charge in [0, 0.05) is 42.8 Å². The van der Waals surface area contributed by atoms with Crippen LogP contribution in [0.3, 0.4) is 0 Å². The van der Waals surface area contributed by atoms with E-state index in [1.165, 1.54) is 11.6 Å². The number of carbonyl (C=O) groups is 1. The minimum atomic E-state index is -0.541. The van der Waals surface area contributed by atoms with E-state index in [-0.39, 0.29) is 5.63 Å². The first-order chi connectivity index (χ1) is 13.3. The van der Waals surface area contributed by atoms with Crippen LogP contribution in [0.2, 0.25) is 0 Å². The lowest BCUT2D eigenvalue weighted by atomic mass is 9.97. The van der Waals surface area contributed by atoms with Gasteiger partial charge in [-0.2, -0.15) is 0 Å². The third kappa shape index (κ3) is 4.74. The Kier molecular flexibility index (Phi) is 5.77. The summed E-state index contributed by atoms with van der Waals surface area (Å²) in [5.41, 5.74) is 2.87. The molecule has 0 atom stereocenters. The SMILES string of the molecule is C=CCN1CCCc2cc3c(CCNC(=O)OC(C)(C)C)cc(=O)oc3cc21. The van der Waals surface area contributed by atoms with E-state index in [4.69, 9.17) is 9.15 Å². The van der Waals surface area contributed by atoms with Crippen LogP contribution in [0.5, 0.6) is 0 Å². The van der Waals surface area contributed by atoms with Gasteiger partial charge in [-0.05, 0) is 57.2 Å². The smallest absolute Gasteiger partial charge is 0.407 e. The van der Waals surface area contributed by atoms with Gasteiger partial charge in [0.2, 0.25) is 0 Å². The van der Waals surface area contributed by atoms with Crippen LogP contribution in [0.4, 0.5) is 10.5 Å². The molecular weight excluding hydrogens is 356 g/mol. The molecule has 1 aliphatic heterocycles. The molecule has 0 aliphatic carbocycles. The number of nitrogens with zero attached hydrogens (tertiary/aromatic N) is 1. The highest BCUT2D eigenvalue weighted by Gasteiger charge is 2.19. The molecule has 0 radical (unpaired) electrons. The minimum Gasteiger partial charge on any atom is -0.444 e. The zero-order chi connectivity index (χ0) is 20.3. The van der Waals surface area contributed by atoms with Crippen molar-refractivity contribution in [2.45, 2.75) is 45.6 Å². The van der Waals surface area contributed by atoms with Crippen LogP contribution >= 0.6 is 0 Å². The number of ether oxygens (including phenoxy) is 1. The highest BCUT2D eigenvalue weighted by atomic mass is 16.6. The molecule has 1 N–H and O–H groups in total. The molecule has 0 fully saturated rings. The van der Waals surface area contributed by atoms with E-state index in [0.29, 0.717) is 18.5 Å². The Hall–Kier alpha value is -2.76. The molecule has 0 saturated carbocycles. The van der Waals surface area contributed by atoms with Crippen molar-refractivity contribution in [2.75, 3.05) is 24.5 Å². The number of carbonyl (C=O) groups excluding carboxylic acids is 1. The summed E-state index contributed by atoms with van der Waals surface area (Å²) in [4.78, 5) is 26.1. The van der Waals surface area contributed by atoms with Crippen LogP contribution in [0.25, 0.3) is 11.0 Å². The first kappa shape index (κ1) is 20.0. The summed E-state index contributed by atoms with van der Waals surface area (Å²) in [6.45, 7) is 11.4. The molecule has 150 valence electrons. The molecule has 28 heavy (non-hydrogen) atoms. The minimum absolute atomic E-state index is 0.382. The van der Waals surface area contributed by atoms with Gasteiger partial charge in [-0.3, -0.25) is 0 Å². The number of aryl methyl sites for hydroxylation is 1. The Morgan fingerprint density at radius 2 is 2.14 bits per heavy atom. The molecule has 1 aromatic heterocycles. The van der Waals surface area contributed by atoms with Gasteiger partial charge >= 0.3 is 11.7 Å². The summed E-state index contributed by atoms with van der Waals surface area (Å²) in [5.74, 6) is 0. The Labute approximate surface area is 165 Å². The molecule has 1 aliphatic rings. The third-order valence-electron chi connectivity index (χ3n) is 4.66. The first-order valence-corrected chi connectivity index (χ1v) is 9.69. The Bertz CT molecular complexity index is 940. The van der Waals surface area contributed by atoms with Gasteiger partial charge in [-0.15, -0.1) is 6.58 Å². The number of benzene rings is 1. The van der Waals surface area contributed by atoms with Crippen LogP contribution in [-0.2, 0) is 17.6 Å². The van der Waals surface area contributed by atoms with Crippen molar-refractivity contribution in [1.82, 2.24) is 5.32 Å². The fourth-order valence-corrected chi connectivity index (χ4v) is 3.55. The Morgan fingerprint density at radius 3 is 2.86 bits per heavy atom. The normalized spacial score (nSPS) is 13.9. The number of rotatable bonds is 5. The molecular formula is C22H28N2O4. The number of nitrogens with one attached hydrogen (secondary N) is 1. The Morgan fingerprint density at radius 1 is 1.36 bits per heavy atom. The van der Waals surface area contributed by atoms with Crippen molar-refractivity contribution in [3.8, 4) is 0 Å². The maximum Gasteiger partial charge on any atom is 0.407 e. The number of anilines is 1. The van der Waals surface area contributed by atoms with Crippen molar-refractivity contribution in [2.24, 2.45) is 0 Å². The second kappa shape index (κ2) is 8.09. The molecule has 0 saturated heterocycles. The molecule has 0 unspecified atom stereocenters. The van der Waals surface area contributed by atoms with Crippen LogP contribution in [-0.4, -0.2) is 31.3 Å². The van der Waals surface area contributed by atoms with E-state index in [2.05, 4.69) is 22.9 Å². The van der Waals surface area contributed by atoms with Crippen molar-refractivity contribution in [1.29, 1.82) is 0 Å². The highest BCUT2D eigenvalue weighted by Crippen LogP contribution is 2.32. The van der Waals surface area contributed by atoms with Gasteiger partial charge in [0.15, 0.2) is 0 Å². The van der Waals surface area contributed by atoms with Crippen LogP contribution in [0, 0.1) is 0 Å². The monoisotopic (exact) mass is 384 g/mol. The van der Waals surface area contributed by atoms with Gasteiger partial charge in [-0.1, -0.05) is 6.08 Å². The van der Waals surface area contributed by atoms with E-state index in [0.717, 1.165) is 42.6 Å². The van der Waals surface area contributed by atoms with E-state index >= 15 is 0 Å². The molecule has 1 aromatic carbocycles. The predicted octanol–water partition coefficient (Wildman–Crippen LogP) is 3.80. The highest BCUT2D eigenvalue weighted by molar-refractivity contribution is 5.86. The molecule has 2 aromatic rings.